The van der Waals surface area contributed by atoms with Gasteiger partial charge in [-0.25, -0.2) is 4.39 Å². The molecule has 6 nitrogen and oxygen atoms in total. The van der Waals surface area contributed by atoms with Gasteiger partial charge in [-0.3, -0.25) is 10.1 Å². The molecule has 0 radical (unpaired) electrons. The molecule has 0 fully saturated rings. The zero-order valence-electron chi connectivity index (χ0n) is 9.11. The molecule has 0 aliphatic heterocycles. The van der Waals surface area contributed by atoms with E-state index in [1.165, 1.54) is 6.92 Å². The van der Waals surface area contributed by atoms with Crippen LogP contribution in [-0.2, 0) is 0 Å². The fraction of sp³-hybridized carbons (Fsp3) is 0.100. The van der Waals surface area contributed by atoms with E-state index in [4.69, 9.17) is 5.73 Å². The van der Waals surface area contributed by atoms with Crippen molar-refractivity contribution in [3.63, 3.8) is 0 Å². The van der Waals surface area contributed by atoms with Gasteiger partial charge in [-0.15, -0.1) is 0 Å². The van der Waals surface area contributed by atoms with Crippen molar-refractivity contribution in [2.45, 2.75) is 6.92 Å². The van der Waals surface area contributed by atoms with E-state index in [-0.39, 0.29) is 17.1 Å². The van der Waals surface area contributed by atoms with Gasteiger partial charge in [0.1, 0.15) is 11.5 Å². The molecule has 1 aromatic carbocycles. The third-order valence-electron chi connectivity index (χ3n) is 2.46. The first-order valence-electron chi connectivity index (χ1n) is 4.78. The lowest BCUT2D eigenvalue weighted by molar-refractivity contribution is -0.387. The van der Waals surface area contributed by atoms with Gasteiger partial charge in [0.25, 0.3) is 0 Å². The van der Waals surface area contributed by atoms with E-state index in [0.717, 1.165) is 12.1 Å². The Bertz CT molecular complexity index is 640. The maximum Gasteiger partial charge on any atom is 0.305 e. The summed E-state index contributed by atoms with van der Waals surface area (Å²) in [5, 5.41) is 14.0. The van der Waals surface area contributed by atoms with Crippen LogP contribution in [0.5, 0.6) is 0 Å². The second kappa shape index (κ2) is 4.06. The molecule has 8 heteroatoms. The van der Waals surface area contributed by atoms with Gasteiger partial charge in [-0.1, -0.05) is 5.16 Å². The first-order chi connectivity index (χ1) is 8.43. The molecule has 0 atom stereocenters. The van der Waals surface area contributed by atoms with Crippen molar-refractivity contribution in [3.8, 4) is 11.3 Å². The number of nitrogens with two attached hydrogens (primary N) is 1. The maximum atomic E-state index is 13.9. The number of benzene rings is 1. The summed E-state index contributed by atoms with van der Waals surface area (Å²) >= 11 is 0. The van der Waals surface area contributed by atoms with Gasteiger partial charge in [0, 0.05) is 11.6 Å². The van der Waals surface area contributed by atoms with Crippen LogP contribution in [0.4, 0.5) is 20.4 Å². The van der Waals surface area contributed by atoms with Crippen LogP contribution in [0.15, 0.2) is 16.7 Å². The predicted octanol–water partition coefficient (Wildman–Crippen LogP) is 2.42. The standard InChI is InChI=1S/C10H7F2N3O3/c1-4-9(14-18-10(4)13)7-5(11)2-3-6(8(7)12)15(16)17/h2-3H,13H2,1H3. The minimum absolute atomic E-state index is 0.102. The van der Waals surface area contributed by atoms with Gasteiger partial charge >= 0.3 is 5.69 Å². The SMILES string of the molecule is Cc1c(-c2c(F)ccc([N+](=O)[O-])c2F)noc1N. The third-order valence-corrected chi connectivity index (χ3v) is 2.46. The molecule has 2 aromatic rings. The van der Waals surface area contributed by atoms with Crippen LogP contribution in [0.3, 0.4) is 0 Å². The van der Waals surface area contributed by atoms with Crippen molar-refractivity contribution in [3.05, 3.63) is 39.4 Å². The normalized spacial score (nSPS) is 10.6. The van der Waals surface area contributed by atoms with E-state index < -0.39 is 27.8 Å². The first-order valence-corrected chi connectivity index (χ1v) is 4.78. The van der Waals surface area contributed by atoms with Crippen LogP contribution >= 0.6 is 0 Å². The highest BCUT2D eigenvalue weighted by molar-refractivity contribution is 5.70. The highest BCUT2D eigenvalue weighted by Crippen LogP contribution is 2.34. The molecule has 2 rings (SSSR count). The molecular weight excluding hydrogens is 248 g/mol. The zero-order valence-corrected chi connectivity index (χ0v) is 9.11. The Balaban J connectivity index is 2.75. The van der Waals surface area contributed by atoms with Gasteiger partial charge in [0.2, 0.25) is 11.7 Å². The summed E-state index contributed by atoms with van der Waals surface area (Å²) in [5.74, 6) is -2.39. The highest BCUT2D eigenvalue weighted by Gasteiger charge is 2.26. The van der Waals surface area contributed by atoms with E-state index in [0.29, 0.717) is 0 Å². The molecule has 1 aromatic heterocycles. The van der Waals surface area contributed by atoms with E-state index in [1.54, 1.807) is 0 Å². The summed E-state index contributed by atoms with van der Waals surface area (Å²) in [7, 11) is 0. The zero-order chi connectivity index (χ0) is 13.4. The van der Waals surface area contributed by atoms with Gasteiger partial charge in [-0.2, -0.15) is 4.39 Å². The number of aromatic nitrogens is 1. The number of anilines is 1. The number of hydrogen-bond donors (Lipinski definition) is 1. The molecule has 0 saturated heterocycles. The largest absolute Gasteiger partial charge is 0.367 e. The number of nitro benzene ring substituents is 1. The summed E-state index contributed by atoms with van der Waals surface area (Å²) in [4.78, 5) is 9.63. The highest BCUT2D eigenvalue weighted by atomic mass is 19.1. The maximum absolute atomic E-state index is 13.9. The molecule has 0 aliphatic carbocycles. The van der Waals surface area contributed by atoms with Crippen LogP contribution in [-0.4, -0.2) is 10.1 Å². The van der Waals surface area contributed by atoms with Crippen molar-refractivity contribution < 1.29 is 18.2 Å². The topological polar surface area (TPSA) is 95.2 Å². The number of nitrogen functional groups attached to an aromatic ring is 1. The van der Waals surface area contributed by atoms with Gasteiger partial charge < -0.3 is 10.3 Å². The number of rotatable bonds is 2. The molecule has 0 saturated carbocycles. The number of halogens is 2. The quantitative estimate of drug-likeness (QED) is 0.656. The molecule has 0 unspecified atom stereocenters. The number of nitrogens with zero attached hydrogens (tertiary/aromatic N) is 2. The Morgan fingerprint density at radius 1 is 1.44 bits per heavy atom. The Labute approximate surface area is 99.1 Å². The van der Waals surface area contributed by atoms with Gasteiger partial charge in [0.15, 0.2) is 0 Å². The fourth-order valence-electron chi connectivity index (χ4n) is 1.48. The van der Waals surface area contributed by atoms with Gasteiger partial charge in [-0.05, 0) is 13.0 Å². The first kappa shape index (κ1) is 12.0. The van der Waals surface area contributed by atoms with Crippen molar-refractivity contribution in [2.75, 3.05) is 5.73 Å². The minimum Gasteiger partial charge on any atom is -0.367 e. The number of hydrogen-bond acceptors (Lipinski definition) is 5. The molecule has 2 N–H and O–H groups in total. The average molecular weight is 255 g/mol. The van der Waals surface area contributed by atoms with E-state index in [9.17, 15) is 18.9 Å². The van der Waals surface area contributed by atoms with Crippen LogP contribution in [0.25, 0.3) is 11.3 Å². The van der Waals surface area contributed by atoms with Crippen molar-refractivity contribution in [1.29, 1.82) is 0 Å². The van der Waals surface area contributed by atoms with Crippen LogP contribution < -0.4 is 5.73 Å². The lowest BCUT2D eigenvalue weighted by Gasteiger charge is -2.02. The molecule has 0 spiro atoms. The molecule has 0 amide bonds. The van der Waals surface area contributed by atoms with Crippen LogP contribution in [0.2, 0.25) is 0 Å². The Morgan fingerprint density at radius 3 is 2.61 bits per heavy atom. The fourth-order valence-corrected chi connectivity index (χ4v) is 1.48. The van der Waals surface area contributed by atoms with Crippen molar-refractivity contribution in [2.24, 2.45) is 0 Å². The molecular formula is C10H7F2N3O3. The summed E-state index contributed by atoms with van der Waals surface area (Å²) in [5.41, 5.74) is 3.93. The van der Waals surface area contributed by atoms with Crippen LogP contribution in [0, 0.1) is 28.7 Å². The monoisotopic (exact) mass is 255 g/mol. The van der Waals surface area contributed by atoms with E-state index in [1.807, 2.05) is 0 Å². The lowest BCUT2D eigenvalue weighted by Crippen LogP contribution is -1.98. The smallest absolute Gasteiger partial charge is 0.305 e. The third kappa shape index (κ3) is 1.67. The van der Waals surface area contributed by atoms with Crippen molar-refractivity contribution in [1.82, 2.24) is 5.16 Å². The summed E-state index contributed by atoms with van der Waals surface area (Å²) in [6.07, 6.45) is 0. The van der Waals surface area contributed by atoms with E-state index >= 15 is 0 Å². The predicted molar refractivity (Wildman–Crippen MR) is 57.7 cm³/mol. The molecule has 0 bridgehead atoms. The molecule has 18 heavy (non-hydrogen) atoms. The summed E-state index contributed by atoms with van der Waals surface area (Å²) in [6.45, 7) is 1.44. The average Bonchev–Trinajstić information content (AvgIpc) is 2.61. The second-order valence-electron chi connectivity index (χ2n) is 3.53. The van der Waals surface area contributed by atoms with E-state index in [2.05, 4.69) is 9.68 Å². The number of nitro groups is 1. The molecule has 0 aliphatic rings. The Kier molecular flexibility index (Phi) is 2.70. The Hall–Kier alpha value is -2.51. The van der Waals surface area contributed by atoms with Crippen LogP contribution in [0.1, 0.15) is 5.56 Å². The minimum atomic E-state index is -1.31. The Morgan fingerprint density at radius 2 is 2.11 bits per heavy atom. The molecule has 1 heterocycles. The molecule has 94 valence electrons. The van der Waals surface area contributed by atoms with Gasteiger partial charge in [0.05, 0.1) is 10.5 Å². The summed E-state index contributed by atoms with van der Waals surface area (Å²) in [6, 6.07) is 1.54. The summed E-state index contributed by atoms with van der Waals surface area (Å²) < 4.78 is 32.0. The lowest BCUT2D eigenvalue weighted by atomic mass is 10.1. The van der Waals surface area contributed by atoms with Crippen molar-refractivity contribution >= 4 is 11.6 Å². The second-order valence-corrected chi connectivity index (χ2v) is 3.53.